The zero-order chi connectivity index (χ0) is 17.8. The first-order valence-electron chi connectivity index (χ1n) is 9.26. The van der Waals surface area contributed by atoms with E-state index in [-0.39, 0.29) is 6.04 Å². The second-order valence-electron chi connectivity index (χ2n) is 6.95. The fourth-order valence-corrected chi connectivity index (χ4v) is 4.12. The van der Waals surface area contributed by atoms with Crippen LogP contribution in [0.25, 0.3) is 0 Å². The summed E-state index contributed by atoms with van der Waals surface area (Å²) in [6.45, 7) is 1.73. The molecule has 0 saturated carbocycles. The van der Waals surface area contributed by atoms with E-state index >= 15 is 0 Å². The summed E-state index contributed by atoms with van der Waals surface area (Å²) < 4.78 is 0. The predicted molar refractivity (Wildman–Crippen MR) is 104 cm³/mol. The van der Waals surface area contributed by atoms with Crippen molar-refractivity contribution in [2.45, 2.75) is 31.0 Å². The molecule has 1 aromatic heterocycles. The van der Waals surface area contributed by atoms with Gasteiger partial charge in [-0.25, -0.2) is 0 Å². The molecule has 3 heteroatoms. The van der Waals surface area contributed by atoms with Gasteiger partial charge in [0.15, 0.2) is 0 Å². The van der Waals surface area contributed by atoms with Crippen LogP contribution in [0.4, 0.5) is 0 Å². The summed E-state index contributed by atoms with van der Waals surface area (Å²) in [4.78, 5) is 6.86. The second-order valence-corrected chi connectivity index (χ2v) is 6.95. The summed E-state index contributed by atoms with van der Waals surface area (Å²) >= 11 is 0. The van der Waals surface area contributed by atoms with Crippen molar-refractivity contribution in [3.05, 3.63) is 102 Å². The van der Waals surface area contributed by atoms with Crippen molar-refractivity contribution in [3.63, 3.8) is 0 Å². The molecule has 2 heterocycles. The molecule has 132 valence electrons. The molecule has 1 aliphatic rings. The maximum absolute atomic E-state index is 12.0. The molecule has 0 amide bonds. The largest absolute Gasteiger partial charge is 0.379 e. The van der Waals surface area contributed by atoms with Gasteiger partial charge in [0.25, 0.3) is 0 Å². The van der Waals surface area contributed by atoms with Crippen LogP contribution in [-0.2, 0) is 12.1 Å². The summed E-state index contributed by atoms with van der Waals surface area (Å²) in [5, 5.41) is 12.0. The average Bonchev–Trinajstić information content (AvgIpc) is 3.18. The lowest BCUT2D eigenvalue weighted by Gasteiger charge is -2.40. The van der Waals surface area contributed by atoms with Gasteiger partial charge in [0, 0.05) is 18.8 Å². The zero-order valence-electron chi connectivity index (χ0n) is 14.8. The molecule has 0 unspecified atom stereocenters. The van der Waals surface area contributed by atoms with Crippen LogP contribution in [0.1, 0.15) is 29.7 Å². The van der Waals surface area contributed by atoms with E-state index in [1.165, 1.54) is 0 Å². The lowest BCUT2D eigenvalue weighted by molar-refractivity contribution is -0.00688. The number of rotatable bonds is 5. The standard InChI is InChI=1S/C23H24N2O/c26-23(19-10-3-1-4-11-19,20-12-5-2-6-13-20)22-15-9-17-25(22)18-21-14-7-8-16-24-21/h1-8,10-14,16,22,26H,9,15,17-18H2/t22-/m0/s1. The van der Waals surface area contributed by atoms with E-state index in [2.05, 4.69) is 16.0 Å². The van der Waals surface area contributed by atoms with E-state index < -0.39 is 5.60 Å². The summed E-state index contributed by atoms with van der Waals surface area (Å²) in [5.41, 5.74) is 1.91. The fourth-order valence-electron chi connectivity index (χ4n) is 4.12. The zero-order valence-corrected chi connectivity index (χ0v) is 14.8. The molecule has 1 aliphatic heterocycles. The van der Waals surface area contributed by atoms with Gasteiger partial charge >= 0.3 is 0 Å². The van der Waals surface area contributed by atoms with Crippen LogP contribution in [0.5, 0.6) is 0 Å². The Kier molecular flexibility index (Phi) is 4.83. The molecule has 3 aromatic rings. The molecule has 1 fully saturated rings. The van der Waals surface area contributed by atoms with Crippen LogP contribution in [-0.4, -0.2) is 27.6 Å². The quantitative estimate of drug-likeness (QED) is 0.760. The number of aliphatic hydroxyl groups is 1. The van der Waals surface area contributed by atoms with Gasteiger partial charge in [-0.2, -0.15) is 0 Å². The van der Waals surface area contributed by atoms with E-state index in [0.29, 0.717) is 0 Å². The second kappa shape index (κ2) is 7.40. The van der Waals surface area contributed by atoms with E-state index in [1.54, 1.807) is 0 Å². The van der Waals surface area contributed by atoms with Crippen molar-refractivity contribution in [2.24, 2.45) is 0 Å². The number of hydrogen-bond acceptors (Lipinski definition) is 3. The van der Waals surface area contributed by atoms with Gasteiger partial charge in [-0.05, 0) is 42.6 Å². The maximum atomic E-state index is 12.0. The molecule has 4 rings (SSSR count). The minimum Gasteiger partial charge on any atom is -0.379 e. The highest BCUT2D eigenvalue weighted by Crippen LogP contribution is 2.40. The van der Waals surface area contributed by atoms with E-state index in [1.807, 2.05) is 79.0 Å². The Bertz CT molecular complexity index is 781. The van der Waals surface area contributed by atoms with Crippen molar-refractivity contribution in [1.82, 2.24) is 9.88 Å². The number of pyridine rings is 1. The van der Waals surface area contributed by atoms with Crippen LogP contribution < -0.4 is 0 Å². The van der Waals surface area contributed by atoms with Gasteiger partial charge in [-0.3, -0.25) is 9.88 Å². The Morgan fingerprint density at radius 2 is 1.50 bits per heavy atom. The molecule has 2 aromatic carbocycles. The third-order valence-electron chi connectivity index (χ3n) is 5.36. The molecule has 0 spiro atoms. The SMILES string of the molecule is OC(c1ccccc1)(c1ccccc1)[C@@H]1CCCN1Cc1ccccn1. The molecule has 0 aliphatic carbocycles. The topological polar surface area (TPSA) is 36.4 Å². The van der Waals surface area contributed by atoms with Crippen LogP contribution in [0.3, 0.4) is 0 Å². The monoisotopic (exact) mass is 344 g/mol. The smallest absolute Gasteiger partial charge is 0.130 e. The van der Waals surface area contributed by atoms with Crippen LogP contribution in [0.2, 0.25) is 0 Å². The summed E-state index contributed by atoms with van der Waals surface area (Å²) in [5.74, 6) is 0. The van der Waals surface area contributed by atoms with Gasteiger partial charge in [-0.1, -0.05) is 66.7 Å². The van der Waals surface area contributed by atoms with Gasteiger partial charge < -0.3 is 5.11 Å². The minimum atomic E-state index is -1.03. The molecule has 1 atom stereocenters. The number of likely N-dealkylation sites (tertiary alicyclic amines) is 1. The molecule has 3 nitrogen and oxygen atoms in total. The third-order valence-corrected chi connectivity index (χ3v) is 5.36. The molecular weight excluding hydrogens is 320 g/mol. The van der Waals surface area contributed by atoms with Crippen LogP contribution >= 0.6 is 0 Å². The van der Waals surface area contributed by atoms with Crippen molar-refractivity contribution in [2.75, 3.05) is 6.54 Å². The molecule has 1 saturated heterocycles. The first kappa shape index (κ1) is 17.0. The first-order valence-corrected chi connectivity index (χ1v) is 9.26. The van der Waals surface area contributed by atoms with Crippen molar-refractivity contribution in [3.8, 4) is 0 Å². The van der Waals surface area contributed by atoms with E-state index in [9.17, 15) is 5.11 Å². The summed E-state index contributed by atoms with van der Waals surface area (Å²) in [6.07, 6.45) is 3.88. The van der Waals surface area contributed by atoms with Crippen LogP contribution in [0, 0.1) is 0 Å². The highest BCUT2D eigenvalue weighted by molar-refractivity contribution is 5.38. The predicted octanol–water partition coefficient (Wildman–Crippen LogP) is 3.98. The number of aromatic nitrogens is 1. The number of benzene rings is 2. The van der Waals surface area contributed by atoms with Gasteiger partial charge in [0.1, 0.15) is 5.60 Å². The minimum absolute atomic E-state index is 0.0225. The molecule has 26 heavy (non-hydrogen) atoms. The van der Waals surface area contributed by atoms with Gasteiger partial charge in [-0.15, -0.1) is 0 Å². The Morgan fingerprint density at radius 1 is 0.885 bits per heavy atom. The Hall–Kier alpha value is -2.49. The lowest BCUT2D eigenvalue weighted by Crippen LogP contribution is -2.48. The van der Waals surface area contributed by atoms with E-state index in [4.69, 9.17) is 0 Å². The normalized spacial score (nSPS) is 18.1. The molecule has 0 bridgehead atoms. The Balaban J connectivity index is 1.74. The Labute approximate surface area is 155 Å². The molecule has 0 radical (unpaired) electrons. The first-order chi connectivity index (χ1) is 12.8. The van der Waals surface area contributed by atoms with Gasteiger partial charge in [0.2, 0.25) is 0 Å². The highest BCUT2D eigenvalue weighted by Gasteiger charge is 2.45. The maximum Gasteiger partial charge on any atom is 0.130 e. The van der Waals surface area contributed by atoms with Crippen LogP contribution in [0.15, 0.2) is 85.1 Å². The van der Waals surface area contributed by atoms with Crippen molar-refractivity contribution in [1.29, 1.82) is 0 Å². The average molecular weight is 344 g/mol. The summed E-state index contributed by atoms with van der Waals surface area (Å²) in [7, 11) is 0. The lowest BCUT2D eigenvalue weighted by atomic mass is 9.79. The van der Waals surface area contributed by atoms with Crippen molar-refractivity contribution < 1.29 is 5.11 Å². The van der Waals surface area contributed by atoms with Gasteiger partial charge in [0.05, 0.1) is 5.69 Å². The molecule has 1 N–H and O–H groups in total. The van der Waals surface area contributed by atoms with Crippen molar-refractivity contribution >= 4 is 0 Å². The van der Waals surface area contributed by atoms with E-state index in [0.717, 1.165) is 42.8 Å². The third kappa shape index (κ3) is 3.16. The Morgan fingerprint density at radius 3 is 2.08 bits per heavy atom. The fraction of sp³-hybridized carbons (Fsp3) is 0.261. The number of hydrogen-bond donors (Lipinski definition) is 1. The summed E-state index contributed by atoms with van der Waals surface area (Å²) in [6, 6.07) is 26.2. The number of nitrogens with zero attached hydrogens (tertiary/aromatic N) is 2. The molecular formula is C23H24N2O. The highest BCUT2D eigenvalue weighted by atomic mass is 16.3.